The molecule has 0 saturated carbocycles. The maximum atomic E-state index is 11.3. The summed E-state index contributed by atoms with van der Waals surface area (Å²) < 4.78 is 10.8. The number of anilines is 2. The average Bonchev–Trinajstić information content (AvgIpc) is 2.08. The highest BCUT2D eigenvalue weighted by Gasteiger charge is 2.06. The Hall–Kier alpha value is -1.07. The van der Waals surface area contributed by atoms with Crippen molar-refractivity contribution in [2.75, 3.05) is 23.1 Å². The van der Waals surface area contributed by atoms with Crippen LogP contribution in [0.5, 0.6) is 0 Å². The van der Waals surface area contributed by atoms with Gasteiger partial charge in [0.2, 0.25) is 5.91 Å². The predicted octanol–water partition coefficient (Wildman–Crippen LogP) is 1.24. The highest BCUT2D eigenvalue weighted by molar-refractivity contribution is 7.85. The van der Waals surface area contributed by atoms with Crippen LogP contribution in [-0.2, 0) is 15.6 Å². The maximum Gasteiger partial charge on any atom is 0.237 e. The molecule has 0 fully saturated rings. The zero-order valence-electron chi connectivity index (χ0n) is 8.12. The van der Waals surface area contributed by atoms with Crippen molar-refractivity contribution in [2.24, 2.45) is 0 Å². The standard InChI is InChI=1S/C9H11ClN2O2S/c1-15(14)5-9(13)12-8-3-2-6(10)4-7(8)11/h2-4H,5,11H2,1H3,(H,12,13). The molecule has 0 saturated heterocycles. The Morgan fingerprint density at radius 3 is 2.80 bits per heavy atom. The Balaban J connectivity index is 2.72. The van der Waals surface area contributed by atoms with E-state index >= 15 is 0 Å². The molecule has 0 heterocycles. The van der Waals surface area contributed by atoms with E-state index in [1.54, 1.807) is 18.2 Å². The van der Waals surface area contributed by atoms with Gasteiger partial charge < -0.3 is 11.1 Å². The summed E-state index contributed by atoms with van der Waals surface area (Å²) in [6.45, 7) is 0. The Morgan fingerprint density at radius 2 is 2.27 bits per heavy atom. The first kappa shape index (κ1) is 12.0. The van der Waals surface area contributed by atoms with Gasteiger partial charge in [-0.1, -0.05) is 11.6 Å². The summed E-state index contributed by atoms with van der Waals surface area (Å²) in [7, 11) is -1.16. The largest absolute Gasteiger partial charge is 0.397 e. The van der Waals surface area contributed by atoms with E-state index in [2.05, 4.69) is 5.32 Å². The van der Waals surface area contributed by atoms with Crippen LogP contribution in [0.4, 0.5) is 11.4 Å². The Kier molecular flexibility index (Phi) is 4.11. The number of halogens is 1. The van der Waals surface area contributed by atoms with E-state index < -0.39 is 10.8 Å². The Morgan fingerprint density at radius 1 is 1.60 bits per heavy atom. The lowest BCUT2D eigenvalue weighted by Crippen LogP contribution is -2.19. The van der Waals surface area contributed by atoms with E-state index in [1.807, 2.05) is 0 Å². The third-order valence-corrected chi connectivity index (χ3v) is 2.53. The predicted molar refractivity (Wildman–Crippen MR) is 63.4 cm³/mol. The molecule has 1 atom stereocenters. The van der Waals surface area contributed by atoms with E-state index in [-0.39, 0.29) is 11.7 Å². The van der Waals surface area contributed by atoms with Gasteiger partial charge in [0.05, 0.1) is 11.4 Å². The Labute approximate surface area is 95.3 Å². The molecule has 15 heavy (non-hydrogen) atoms. The van der Waals surface area contributed by atoms with Gasteiger partial charge in [0.1, 0.15) is 5.75 Å². The summed E-state index contributed by atoms with van der Waals surface area (Å²) in [4.78, 5) is 11.3. The molecule has 0 aromatic heterocycles. The van der Waals surface area contributed by atoms with E-state index in [1.165, 1.54) is 6.26 Å². The smallest absolute Gasteiger partial charge is 0.237 e. The van der Waals surface area contributed by atoms with E-state index in [4.69, 9.17) is 17.3 Å². The normalized spacial score (nSPS) is 12.1. The van der Waals surface area contributed by atoms with Gasteiger partial charge in [-0.25, -0.2) is 0 Å². The number of carbonyl (C=O) groups is 1. The first-order valence-electron chi connectivity index (χ1n) is 4.14. The van der Waals surface area contributed by atoms with E-state index in [0.717, 1.165) is 0 Å². The number of hydrogen-bond donors (Lipinski definition) is 2. The molecular formula is C9H11ClN2O2S. The first-order valence-corrected chi connectivity index (χ1v) is 6.24. The lowest BCUT2D eigenvalue weighted by molar-refractivity contribution is -0.113. The zero-order valence-corrected chi connectivity index (χ0v) is 9.69. The number of amides is 1. The van der Waals surface area contributed by atoms with Crippen LogP contribution in [0.25, 0.3) is 0 Å². The van der Waals surface area contributed by atoms with Crippen molar-refractivity contribution in [2.45, 2.75) is 0 Å². The van der Waals surface area contributed by atoms with Crippen LogP contribution in [0.3, 0.4) is 0 Å². The van der Waals surface area contributed by atoms with Gasteiger partial charge in [-0.05, 0) is 18.2 Å². The number of hydrogen-bond acceptors (Lipinski definition) is 3. The van der Waals surface area contributed by atoms with Crippen molar-refractivity contribution in [3.63, 3.8) is 0 Å². The minimum absolute atomic E-state index is 0.0396. The number of nitrogen functional groups attached to an aromatic ring is 1. The fraction of sp³-hybridized carbons (Fsp3) is 0.222. The third kappa shape index (κ3) is 3.89. The fourth-order valence-electron chi connectivity index (χ4n) is 1.02. The van der Waals surface area contributed by atoms with E-state index in [9.17, 15) is 9.00 Å². The Bertz CT molecular complexity index is 409. The SMILES string of the molecule is CS(=O)CC(=O)Nc1ccc(Cl)cc1N. The van der Waals surface area contributed by atoms with Gasteiger partial charge in [0.15, 0.2) is 0 Å². The molecule has 0 radical (unpaired) electrons. The molecule has 3 N–H and O–H groups in total. The molecule has 0 aliphatic carbocycles. The van der Waals surface area contributed by atoms with Crippen LogP contribution >= 0.6 is 11.6 Å². The van der Waals surface area contributed by atoms with Crippen LogP contribution in [-0.4, -0.2) is 22.1 Å². The van der Waals surface area contributed by atoms with Crippen LogP contribution in [0, 0.1) is 0 Å². The first-order chi connectivity index (χ1) is 6.99. The second-order valence-electron chi connectivity index (χ2n) is 3.00. The van der Waals surface area contributed by atoms with Crippen molar-refractivity contribution < 1.29 is 9.00 Å². The monoisotopic (exact) mass is 246 g/mol. The van der Waals surface area contributed by atoms with Gasteiger partial charge in [-0.15, -0.1) is 0 Å². The van der Waals surface area contributed by atoms with Gasteiger partial charge in [-0.3, -0.25) is 9.00 Å². The van der Waals surface area contributed by atoms with Crippen molar-refractivity contribution in [3.05, 3.63) is 23.2 Å². The van der Waals surface area contributed by atoms with Crippen molar-refractivity contribution >= 4 is 39.7 Å². The molecule has 6 heteroatoms. The summed E-state index contributed by atoms with van der Waals surface area (Å²) in [5.74, 6) is -0.368. The molecule has 1 aromatic carbocycles. The lowest BCUT2D eigenvalue weighted by Gasteiger charge is -2.07. The van der Waals surface area contributed by atoms with E-state index in [0.29, 0.717) is 16.4 Å². The molecule has 0 bridgehead atoms. The quantitative estimate of drug-likeness (QED) is 0.789. The summed E-state index contributed by atoms with van der Waals surface area (Å²) >= 11 is 5.70. The minimum atomic E-state index is -1.16. The molecule has 1 unspecified atom stereocenters. The topological polar surface area (TPSA) is 72.2 Å². The molecule has 0 aliphatic heterocycles. The molecular weight excluding hydrogens is 236 g/mol. The number of rotatable bonds is 3. The summed E-state index contributed by atoms with van der Waals surface area (Å²) in [6.07, 6.45) is 1.46. The number of carbonyl (C=O) groups excluding carboxylic acids is 1. The molecule has 0 aliphatic rings. The highest BCUT2D eigenvalue weighted by Crippen LogP contribution is 2.22. The maximum absolute atomic E-state index is 11.3. The summed E-state index contributed by atoms with van der Waals surface area (Å²) in [5, 5.41) is 3.06. The van der Waals surface area contributed by atoms with Crippen LogP contribution < -0.4 is 11.1 Å². The van der Waals surface area contributed by atoms with Gasteiger partial charge >= 0.3 is 0 Å². The highest BCUT2D eigenvalue weighted by atomic mass is 35.5. The van der Waals surface area contributed by atoms with Crippen molar-refractivity contribution in [1.29, 1.82) is 0 Å². The average molecular weight is 247 g/mol. The van der Waals surface area contributed by atoms with Crippen LogP contribution in [0.2, 0.25) is 5.02 Å². The number of benzene rings is 1. The van der Waals surface area contributed by atoms with Gasteiger partial charge in [-0.2, -0.15) is 0 Å². The summed E-state index contributed by atoms with van der Waals surface area (Å²) in [6, 6.07) is 4.77. The minimum Gasteiger partial charge on any atom is -0.397 e. The zero-order chi connectivity index (χ0) is 11.4. The van der Waals surface area contributed by atoms with Gasteiger partial charge in [0.25, 0.3) is 0 Å². The second kappa shape index (κ2) is 5.14. The number of nitrogens with two attached hydrogens (primary N) is 1. The fourth-order valence-corrected chi connectivity index (χ4v) is 1.64. The molecule has 82 valence electrons. The molecule has 0 spiro atoms. The molecule has 1 rings (SSSR count). The van der Waals surface area contributed by atoms with Crippen molar-refractivity contribution in [3.8, 4) is 0 Å². The third-order valence-electron chi connectivity index (χ3n) is 1.62. The van der Waals surface area contributed by atoms with Crippen LogP contribution in [0.15, 0.2) is 18.2 Å². The lowest BCUT2D eigenvalue weighted by atomic mass is 10.2. The molecule has 1 aromatic rings. The molecule has 1 amide bonds. The summed E-state index contributed by atoms with van der Waals surface area (Å²) in [5.41, 5.74) is 6.49. The van der Waals surface area contributed by atoms with Crippen LogP contribution in [0.1, 0.15) is 0 Å². The van der Waals surface area contributed by atoms with Crippen molar-refractivity contribution in [1.82, 2.24) is 0 Å². The molecule has 4 nitrogen and oxygen atoms in total. The van der Waals surface area contributed by atoms with Gasteiger partial charge in [0, 0.05) is 22.1 Å². The second-order valence-corrected chi connectivity index (χ2v) is 4.87. The number of nitrogens with one attached hydrogen (secondary N) is 1.